The van der Waals surface area contributed by atoms with Gasteiger partial charge in [-0.25, -0.2) is 18.2 Å². The highest BCUT2D eigenvalue weighted by Crippen LogP contribution is 2.42. The summed E-state index contributed by atoms with van der Waals surface area (Å²) in [6, 6.07) is 15.6. The molecular formula is C28H21ClF3N3OS. The Morgan fingerprint density at radius 2 is 1.84 bits per heavy atom. The van der Waals surface area contributed by atoms with Gasteiger partial charge >= 0.3 is 0 Å². The van der Waals surface area contributed by atoms with Crippen LogP contribution >= 0.6 is 23.4 Å². The number of fused-ring (bicyclic) bond motifs is 1. The highest BCUT2D eigenvalue weighted by Gasteiger charge is 2.31. The van der Waals surface area contributed by atoms with Crippen molar-refractivity contribution >= 4 is 23.4 Å². The molecule has 0 N–H and O–H groups in total. The van der Waals surface area contributed by atoms with Gasteiger partial charge in [0.05, 0.1) is 35.2 Å². The molecule has 1 aliphatic carbocycles. The third-order valence-corrected chi connectivity index (χ3v) is 7.75. The molecule has 0 spiro atoms. The summed E-state index contributed by atoms with van der Waals surface area (Å²) in [7, 11) is 1.57. The minimum atomic E-state index is -0.778. The van der Waals surface area contributed by atoms with Gasteiger partial charge in [-0.2, -0.15) is 5.26 Å². The molecule has 0 fully saturated rings. The van der Waals surface area contributed by atoms with E-state index >= 15 is 0 Å². The van der Waals surface area contributed by atoms with Gasteiger partial charge in [-0.05, 0) is 73.4 Å². The van der Waals surface area contributed by atoms with Gasteiger partial charge in [0.2, 0.25) is 0 Å². The molecule has 3 aromatic carbocycles. The molecule has 1 unspecified atom stereocenters. The van der Waals surface area contributed by atoms with E-state index in [9.17, 15) is 13.2 Å². The van der Waals surface area contributed by atoms with Crippen LogP contribution in [-0.4, -0.2) is 16.7 Å². The number of hydrogen-bond donors (Lipinski definition) is 0. The van der Waals surface area contributed by atoms with Gasteiger partial charge in [-0.3, -0.25) is 4.57 Å². The number of methoxy groups -OCH3 is 1. The first-order valence-electron chi connectivity index (χ1n) is 11.6. The van der Waals surface area contributed by atoms with E-state index < -0.39 is 11.6 Å². The van der Waals surface area contributed by atoms with Gasteiger partial charge in [0.25, 0.3) is 0 Å². The van der Waals surface area contributed by atoms with Crippen molar-refractivity contribution in [1.82, 2.24) is 9.55 Å². The van der Waals surface area contributed by atoms with Crippen molar-refractivity contribution in [3.8, 4) is 17.5 Å². The van der Waals surface area contributed by atoms with Gasteiger partial charge in [-0.15, -0.1) is 0 Å². The van der Waals surface area contributed by atoms with Crippen LogP contribution in [0.15, 0.2) is 59.8 Å². The fourth-order valence-electron chi connectivity index (χ4n) is 4.70. The Bertz CT molecular complexity index is 1490. The zero-order valence-electron chi connectivity index (χ0n) is 19.8. The van der Waals surface area contributed by atoms with E-state index in [0.29, 0.717) is 21.6 Å². The van der Waals surface area contributed by atoms with Gasteiger partial charge in [0.15, 0.2) is 5.16 Å². The Morgan fingerprint density at radius 1 is 1.11 bits per heavy atom. The summed E-state index contributed by atoms with van der Waals surface area (Å²) in [6.45, 7) is 0. The lowest BCUT2D eigenvalue weighted by Gasteiger charge is -2.25. The first-order valence-corrected chi connectivity index (χ1v) is 13.0. The zero-order valence-corrected chi connectivity index (χ0v) is 21.3. The van der Waals surface area contributed by atoms with E-state index in [1.54, 1.807) is 31.4 Å². The van der Waals surface area contributed by atoms with Crippen molar-refractivity contribution in [3.63, 3.8) is 0 Å². The summed E-state index contributed by atoms with van der Waals surface area (Å²) in [6.07, 6.45) is 2.51. The molecule has 0 saturated carbocycles. The normalized spacial score (nSPS) is 14.8. The van der Waals surface area contributed by atoms with Crippen molar-refractivity contribution in [2.45, 2.75) is 36.1 Å². The summed E-state index contributed by atoms with van der Waals surface area (Å²) < 4.78 is 50.3. The maximum atomic E-state index is 14.6. The van der Waals surface area contributed by atoms with Gasteiger partial charge in [-0.1, -0.05) is 29.4 Å². The predicted octanol–water partition coefficient (Wildman–Crippen LogP) is 7.58. The van der Waals surface area contributed by atoms with Crippen LogP contribution in [0.5, 0.6) is 5.75 Å². The molecule has 1 heterocycles. The molecule has 0 radical (unpaired) electrons. The molecule has 1 aromatic heterocycles. The second kappa shape index (κ2) is 10.5. The third kappa shape index (κ3) is 4.94. The molecule has 0 aliphatic heterocycles. The van der Waals surface area contributed by atoms with Crippen LogP contribution in [0.4, 0.5) is 13.2 Å². The summed E-state index contributed by atoms with van der Waals surface area (Å²) in [5, 5.41) is 10.0. The number of thioether (sulfide) groups is 1. The summed E-state index contributed by atoms with van der Waals surface area (Å²) in [4.78, 5) is 4.87. The molecule has 1 aliphatic rings. The van der Waals surface area contributed by atoms with E-state index in [1.165, 1.54) is 23.9 Å². The highest BCUT2D eigenvalue weighted by molar-refractivity contribution is 7.98. The molecule has 188 valence electrons. The number of nitrogens with zero attached hydrogens (tertiary/aromatic N) is 3. The van der Waals surface area contributed by atoms with E-state index in [4.69, 9.17) is 26.6 Å². The molecule has 5 rings (SSSR count). The van der Waals surface area contributed by atoms with Gasteiger partial charge in [0.1, 0.15) is 23.2 Å². The van der Waals surface area contributed by atoms with Crippen LogP contribution in [0, 0.1) is 28.8 Å². The van der Waals surface area contributed by atoms with Crippen LogP contribution in [0.2, 0.25) is 5.02 Å². The minimum Gasteiger partial charge on any atom is -0.495 e. The van der Waals surface area contributed by atoms with E-state index in [0.717, 1.165) is 48.3 Å². The lowest BCUT2D eigenvalue weighted by Crippen LogP contribution is -2.15. The fourth-order valence-corrected chi connectivity index (χ4v) is 5.95. The van der Waals surface area contributed by atoms with Crippen molar-refractivity contribution in [2.75, 3.05) is 7.11 Å². The molecule has 0 bridgehead atoms. The number of nitriles is 1. The Kier molecular flexibility index (Phi) is 7.18. The molecule has 1 atom stereocenters. The number of aromatic nitrogens is 2. The van der Waals surface area contributed by atoms with E-state index in [1.807, 2.05) is 16.7 Å². The average molecular weight is 540 g/mol. The first-order chi connectivity index (χ1) is 17.9. The Hall–Kier alpha value is -3.41. The summed E-state index contributed by atoms with van der Waals surface area (Å²) >= 11 is 7.46. The number of benzene rings is 3. The third-order valence-electron chi connectivity index (χ3n) is 6.47. The SMILES string of the molecule is COc1cc(C2CCCc3nc(SCc4c(F)cc(C#N)cc4F)n(-c4ccc(F)cc4)c32)ccc1Cl. The first kappa shape index (κ1) is 25.2. The molecule has 0 saturated heterocycles. The van der Waals surface area contributed by atoms with Crippen molar-refractivity contribution in [1.29, 1.82) is 5.26 Å². The maximum Gasteiger partial charge on any atom is 0.173 e. The Balaban J connectivity index is 1.60. The number of hydrogen-bond acceptors (Lipinski definition) is 4. The van der Waals surface area contributed by atoms with Crippen LogP contribution in [0.3, 0.4) is 0 Å². The molecule has 37 heavy (non-hydrogen) atoms. The molecule has 4 aromatic rings. The standard InChI is InChI=1S/C28H21ClF3N3OS/c1-36-26-13-17(5-10-22(26)29)20-3-2-4-25-27(20)35(19-8-6-18(30)7-9-19)28(34-25)37-15-21-23(31)11-16(14-33)12-24(21)32/h5-13,20H,2-4,15H2,1H3. The van der Waals surface area contributed by atoms with Crippen LogP contribution in [-0.2, 0) is 12.2 Å². The summed E-state index contributed by atoms with van der Waals surface area (Å²) in [5.74, 6) is -1.42. The van der Waals surface area contributed by atoms with Crippen LogP contribution < -0.4 is 4.74 Å². The monoisotopic (exact) mass is 539 g/mol. The molecule has 4 nitrogen and oxygen atoms in total. The number of imidazole rings is 1. The highest BCUT2D eigenvalue weighted by atomic mass is 35.5. The number of ether oxygens (including phenoxy) is 1. The number of aryl methyl sites for hydroxylation is 1. The largest absolute Gasteiger partial charge is 0.495 e. The van der Waals surface area contributed by atoms with E-state index in [2.05, 4.69) is 0 Å². The van der Waals surface area contributed by atoms with Crippen LogP contribution in [0.1, 0.15) is 46.8 Å². The maximum absolute atomic E-state index is 14.6. The molecule has 9 heteroatoms. The van der Waals surface area contributed by atoms with Gasteiger partial charge < -0.3 is 4.74 Å². The lowest BCUT2D eigenvalue weighted by molar-refractivity contribution is 0.414. The predicted molar refractivity (Wildman–Crippen MR) is 137 cm³/mol. The topological polar surface area (TPSA) is 50.8 Å². The smallest absolute Gasteiger partial charge is 0.173 e. The summed E-state index contributed by atoms with van der Waals surface area (Å²) in [5.41, 5.74) is 3.34. The second-order valence-electron chi connectivity index (χ2n) is 8.70. The number of halogens is 4. The zero-order chi connectivity index (χ0) is 26.1. The number of rotatable bonds is 6. The van der Waals surface area contributed by atoms with Crippen LogP contribution in [0.25, 0.3) is 5.69 Å². The fraction of sp³-hybridized carbons (Fsp3) is 0.214. The minimum absolute atomic E-state index is 0.0279. The molecule has 0 amide bonds. The average Bonchev–Trinajstić information content (AvgIpc) is 3.27. The lowest BCUT2D eigenvalue weighted by atomic mass is 9.84. The Morgan fingerprint density at radius 3 is 2.51 bits per heavy atom. The Labute approximate surface area is 221 Å². The quantitative estimate of drug-likeness (QED) is 0.237. The van der Waals surface area contributed by atoms with Crippen molar-refractivity contribution in [3.05, 3.63) is 105 Å². The van der Waals surface area contributed by atoms with Gasteiger partial charge in [0, 0.05) is 22.9 Å². The molecular weight excluding hydrogens is 519 g/mol. The van der Waals surface area contributed by atoms with Crippen molar-refractivity contribution < 1.29 is 17.9 Å². The second-order valence-corrected chi connectivity index (χ2v) is 10.0. The van der Waals surface area contributed by atoms with E-state index in [-0.39, 0.29) is 28.6 Å². The van der Waals surface area contributed by atoms with Crippen molar-refractivity contribution in [2.24, 2.45) is 0 Å².